The summed E-state index contributed by atoms with van der Waals surface area (Å²) in [6, 6.07) is 26.1. The Bertz CT molecular complexity index is 1280. The van der Waals surface area contributed by atoms with Crippen LogP contribution < -0.4 is 4.74 Å². The molecule has 0 radical (unpaired) electrons. The van der Waals surface area contributed by atoms with Crippen LogP contribution in [0.1, 0.15) is 64.7 Å². The van der Waals surface area contributed by atoms with E-state index >= 15 is 0 Å². The molecule has 190 valence electrons. The number of fused-ring (bicyclic) bond motifs is 1. The molecular formula is C32H34N2O3. The summed E-state index contributed by atoms with van der Waals surface area (Å²) in [6.07, 6.45) is 5.04. The lowest BCUT2D eigenvalue weighted by Gasteiger charge is -2.44. The Balaban J connectivity index is 1.32. The summed E-state index contributed by atoms with van der Waals surface area (Å²) < 4.78 is 5.53. The second-order valence-electron chi connectivity index (χ2n) is 10.7. The largest absolute Gasteiger partial charge is 0.497 e. The van der Waals surface area contributed by atoms with Gasteiger partial charge in [-0.1, -0.05) is 60.7 Å². The highest BCUT2D eigenvalue weighted by Gasteiger charge is 2.50. The number of methoxy groups -OCH3 is 1. The van der Waals surface area contributed by atoms with E-state index in [1.165, 1.54) is 5.56 Å². The summed E-state index contributed by atoms with van der Waals surface area (Å²) in [4.78, 5) is 32.2. The summed E-state index contributed by atoms with van der Waals surface area (Å²) in [5, 5.41) is 0. The van der Waals surface area contributed by atoms with Gasteiger partial charge in [0, 0.05) is 24.7 Å². The van der Waals surface area contributed by atoms with Gasteiger partial charge in [0.1, 0.15) is 5.75 Å². The Hall–Kier alpha value is -3.60. The lowest BCUT2D eigenvalue weighted by atomic mass is 9.78. The van der Waals surface area contributed by atoms with Crippen molar-refractivity contribution in [1.82, 2.24) is 9.80 Å². The Labute approximate surface area is 219 Å². The topological polar surface area (TPSA) is 49.9 Å². The highest BCUT2D eigenvalue weighted by molar-refractivity contribution is 6.01. The van der Waals surface area contributed by atoms with Crippen molar-refractivity contribution < 1.29 is 14.3 Å². The number of likely N-dealkylation sites (tertiary alicyclic amines) is 1. The van der Waals surface area contributed by atoms with Crippen LogP contribution in [0.2, 0.25) is 0 Å². The van der Waals surface area contributed by atoms with Crippen LogP contribution in [0.3, 0.4) is 0 Å². The molecule has 5 heteroatoms. The molecule has 0 unspecified atom stereocenters. The van der Waals surface area contributed by atoms with Gasteiger partial charge in [0.25, 0.3) is 5.91 Å². The number of carbonyl (C=O) groups is 2. The second-order valence-corrected chi connectivity index (χ2v) is 10.7. The molecule has 2 aliphatic heterocycles. The molecule has 0 spiro atoms. The van der Waals surface area contributed by atoms with Crippen molar-refractivity contribution in [1.29, 1.82) is 0 Å². The first-order valence-electron chi connectivity index (χ1n) is 13.5. The Morgan fingerprint density at radius 1 is 0.892 bits per heavy atom. The van der Waals surface area contributed by atoms with E-state index in [-0.39, 0.29) is 23.9 Å². The van der Waals surface area contributed by atoms with E-state index in [1.807, 2.05) is 53.4 Å². The molecule has 0 aromatic heterocycles. The first kappa shape index (κ1) is 23.8. The van der Waals surface area contributed by atoms with E-state index in [0.717, 1.165) is 62.1 Å². The summed E-state index contributed by atoms with van der Waals surface area (Å²) in [5.74, 6) is 1.08. The van der Waals surface area contributed by atoms with E-state index in [2.05, 4.69) is 35.2 Å². The average Bonchev–Trinajstić information content (AvgIpc) is 3.79. The molecule has 0 N–H and O–H groups in total. The maximum absolute atomic E-state index is 14.4. The van der Waals surface area contributed by atoms with Gasteiger partial charge in [-0.2, -0.15) is 0 Å². The third-order valence-electron chi connectivity index (χ3n) is 8.31. The van der Waals surface area contributed by atoms with Crippen molar-refractivity contribution in [3.8, 4) is 5.75 Å². The fraction of sp³-hybridized carbons (Fsp3) is 0.375. The van der Waals surface area contributed by atoms with E-state index < -0.39 is 5.92 Å². The molecular weight excluding hydrogens is 460 g/mol. The van der Waals surface area contributed by atoms with E-state index in [4.69, 9.17) is 4.74 Å². The zero-order chi connectivity index (χ0) is 25.4. The predicted molar refractivity (Wildman–Crippen MR) is 144 cm³/mol. The molecule has 3 aromatic rings. The average molecular weight is 495 g/mol. The first-order valence-corrected chi connectivity index (χ1v) is 13.5. The van der Waals surface area contributed by atoms with Crippen LogP contribution in [0.15, 0.2) is 78.9 Å². The van der Waals surface area contributed by atoms with E-state index in [1.54, 1.807) is 7.11 Å². The minimum absolute atomic E-state index is 0.0385. The molecule has 1 saturated heterocycles. The third kappa shape index (κ3) is 4.63. The van der Waals surface area contributed by atoms with Crippen LogP contribution in [0.5, 0.6) is 5.75 Å². The summed E-state index contributed by atoms with van der Waals surface area (Å²) in [6.45, 7) is 1.52. The van der Waals surface area contributed by atoms with Crippen LogP contribution in [-0.2, 0) is 11.2 Å². The smallest absolute Gasteiger partial charge is 0.254 e. The Kier molecular flexibility index (Phi) is 6.45. The maximum Gasteiger partial charge on any atom is 0.254 e. The SMILES string of the molecule is COc1cccc([C@H]2[C@H](C(=O)N3CCC(Cc4ccccc4)CC3)c3ccccc3C(=O)N2C2CC2)c1. The van der Waals surface area contributed by atoms with Crippen LogP contribution in [0, 0.1) is 5.92 Å². The van der Waals surface area contributed by atoms with Crippen LogP contribution in [0.4, 0.5) is 0 Å². The molecule has 2 atom stereocenters. The van der Waals surface area contributed by atoms with Crippen molar-refractivity contribution in [2.45, 2.75) is 50.1 Å². The van der Waals surface area contributed by atoms with Gasteiger partial charge in [0.15, 0.2) is 0 Å². The molecule has 37 heavy (non-hydrogen) atoms. The number of hydrogen-bond donors (Lipinski definition) is 0. The number of benzene rings is 3. The van der Waals surface area contributed by atoms with Crippen LogP contribution >= 0.6 is 0 Å². The number of carbonyl (C=O) groups excluding carboxylic acids is 2. The number of rotatable bonds is 6. The van der Waals surface area contributed by atoms with Gasteiger partial charge in [-0.05, 0) is 72.9 Å². The molecule has 2 amide bonds. The van der Waals surface area contributed by atoms with Gasteiger partial charge in [-0.3, -0.25) is 9.59 Å². The zero-order valence-electron chi connectivity index (χ0n) is 21.4. The number of ether oxygens (including phenoxy) is 1. The van der Waals surface area contributed by atoms with Gasteiger partial charge < -0.3 is 14.5 Å². The lowest BCUT2D eigenvalue weighted by molar-refractivity contribution is -0.136. The van der Waals surface area contributed by atoms with Crippen molar-refractivity contribution in [2.75, 3.05) is 20.2 Å². The van der Waals surface area contributed by atoms with Gasteiger partial charge >= 0.3 is 0 Å². The quantitative estimate of drug-likeness (QED) is 0.447. The standard InChI is InChI=1S/C32H34N2O3/c1-37-26-11-7-10-24(21-26)30-29(27-12-5-6-13-28(27)31(35)34(30)25-14-15-25)32(36)33-18-16-23(17-19-33)20-22-8-3-2-4-9-22/h2-13,21,23,25,29-30H,14-20H2,1H3/t29-,30+/m1/s1. The van der Waals surface area contributed by atoms with Gasteiger partial charge in [0.05, 0.1) is 19.1 Å². The zero-order valence-corrected chi connectivity index (χ0v) is 21.4. The highest BCUT2D eigenvalue weighted by Crippen LogP contribution is 2.49. The molecule has 0 bridgehead atoms. The summed E-state index contributed by atoms with van der Waals surface area (Å²) in [5.41, 5.74) is 3.86. The lowest BCUT2D eigenvalue weighted by Crippen LogP contribution is -2.50. The van der Waals surface area contributed by atoms with Crippen molar-refractivity contribution in [3.63, 3.8) is 0 Å². The van der Waals surface area contributed by atoms with Crippen molar-refractivity contribution >= 4 is 11.8 Å². The number of hydrogen-bond acceptors (Lipinski definition) is 3. The van der Waals surface area contributed by atoms with Crippen molar-refractivity contribution in [3.05, 3.63) is 101 Å². The van der Waals surface area contributed by atoms with Gasteiger partial charge in [-0.25, -0.2) is 0 Å². The molecule has 3 aliphatic rings. The normalized spacial score (nSPS) is 22.0. The van der Waals surface area contributed by atoms with E-state index in [0.29, 0.717) is 11.5 Å². The van der Waals surface area contributed by atoms with Gasteiger partial charge in [-0.15, -0.1) is 0 Å². The third-order valence-corrected chi connectivity index (χ3v) is 8.31. The molecule has 1 saturated carbocycles. The van der Waals surface area contributed by atoms with Crippen molar-refractivity contribution in [2.24, 2.45) is 5.92 Å². The minimum atomic E-state index is -0.424. The van der Waals surface area contributed by atoms with Crippen LogP contribution in [-0.4, -0.2) is 47.9 Å². The fourth-order valence-corrected chi connectivity index (χ4v) is 6.25. The minimum Gasteiger partial charge on any atom is -0.497 e. The number of amides is 2. The molecule has 2 fully saturated rings. The monoisotopic (exact) mass is 494 g/mol. The summed E-state index contributed by atoms with van der Waals surface area (Å²) >= 11 is 0. The van der Waals surface area contributed by atoms with Gasteiger partial charge in [0.2, 0.25) is 5.91 Å². The molecule has 2 heterocycles. The maximum atomic E-state index is 14.4. The first-order chi connectivity index (χ1) is 18.1. The molecule has 5 nitrogen and oxygen atoms in total. The second kappa shape index (κ2) is 10.0. The Morgan fingerprint density at radius 2 is 1.62 bits per heavy atom. The molecule has 6 rings (SSSR count). The Morgan fingerprint density at radius 3 is 2.35 bits per heavy atom. The molecule has 3 aromatic carbocycles. The van der Waals surface area contributed by atoms with E-state index in [9.17, 15) is 9.59 Å². The predicted octanol–water partition coefficient (Wildman–Crippen LogP) is 5.62. The summed E-state index contributed by atoms with van der Waals surface area (Å²) in [7, 11) is 1.65. The number of nitrogens with zero attached hydrogens (tertiary/aromatic N) is 2. The van der Waals surface area contributed by atoms with Crippen LogP contribution in [0.25, 0.3) is 0 Å². The fourth-order valence-electron chi connectivity index (χ4n) is 6.25. The number of piperidine rings is 1. The molecule has 1 aliphatic carbocycles. The highest BCUT2D eigenvalue weighted by atomic mass is 16.5.